The minimum atomic E-state index is -0.372. The fourth-order valence-corrected chi connectivity index (χ4v) is 1.79. The molecule has 0 atom stereocenters. The second-order valence-electron chi connectivity index (χ2n) is 5.11. The summed E-state index contributed by atoms with van der Waals surface area (Å²) in [4.78, 5) is 13.4. The maximum Gasteiger partial charge on any atom is 0.419 e. The van der Waals surface area contributed by atoms with Crippen LogP contribution < -0.4 is 10.7 Å². The molecule has 0 radical (unpaired) electrons. The summed E-state index contributed by atoms with van der Waals surface area (Å²) in [5, 5.41) is 9.37. The molecule has 1 aromatic carbocycles. The highest BCUT2D eigenvalue weighted by Gasteiger charge is 2.23. The highest BCUT2D eigenvalue weighted by Crippen LogP contribution is 2.25. The maximum absolute atomic E-state index is 11.4. The molecule has 0 unspecified atom stereocenters. The summed E-state index contributed by atoms with van der Waals surface area (Å²) in [5.41, 5.74) is 1.85. The topological polar surface area (TPSA) is 58.6 Å². The number of aromatic nitrogens is 1. The van der Waals surface area contributed by atoms with Crippen LogP contribution in [0.2, 0.25) is 0 Å². The van der Waals surface area contributed by atoms with Crippen LogP contribution in [0.1, 0.15) is 13.8 Å². The van der Waals surface area contributed by atoms with Gasteiger partial charge < -0.3 is 14.4 Å². The Labute approximate surface area is 105 Å². The number of rotatable bonds is 3. The molecule has 0 aliphatic rings. The van der Waals surface area contributed by atoms with Gasteiger partial charge in [0, 0.05) is 25.8 Å². The van der Waals surface area contributed by atoms with Crippen molar-refractivity contribution in [3.8, 4) is 0 Å². The summed E-state index contributed by atoms with van der Waals surface area (Å²) in [5.74, 6) is -0.369. The number of aryl methyl sites for hydroxylation is 1. The molecule has 0 saturated carbocycles. The fourth-order valence-electron chi connectivity index (χ4n) is 1.79. The van der Waals surface area contributed by atoms with Gasteiger partial charge in [-0.1, -0.05) is 0 Å². The van der Waals surface area contributed by atoms with E-state index in [0.717, 1.165) is 11.2 Å². The summed E-state index contributed by atoms with van der Waals surface area (Å²) in [7, 11) is 3.58. The van der Waals surface area contributed by atoms with E-state index in [-0.39, 0.29) is 17.9 Å². The van der Waals surface area contributed by atoms with E-state index in [9.17, 15) is 9.90 Å². The van der Waals surface area contributed by atoms with Crippen LogP contribution in [-0.2, 0) is 7.05 Å². The van der Waals surface area contributed by atoms with Crippen molar-refractivity contribution in [3.05, 3.63) is 28.7 Å². The lowest BCUT2D eigenvalue weighted by atomic mass is 10.0. The molecule has 0 fully saturated rings. The Hall–Kier alpha value is -1.75. The van der Waals surface area contributed by atoms with Crippen molar-refractivity contribution in [2.24, 2.45) is 7.05 Å². The molecule has 0 aliphatic carbocycles. The zero-order chi connectivity index (χ0) is 13.5. The highest BCUT2D eigenvalue weighted by atomic mass is 16.4. The zero-order valence-corrected chi connectivity index (χ0v) is 11.1. The SMILES string of the molecule is CN(c1ccc2c(c1)oc(=O)n2C)C(C)(C)CO. The summed E-state index contributed by atoms with van der Waals surface area (Å²) in [6.45, 7) is 3.93. The maximum atomic E-state index is 11.4. The smallest absolute Gasteiger partial charge is 0.408 e. The number of oxazole rings is 1. The molecule has 0 amide bonds. The van der Waals surface area contributed by atoms with E-state index in [2.05, 4.69) is 0 Å². The number of likely N-dealkylation sites (N-methyl/N-ethyl adjacent to an activating group) is 1. The molecule has 1 heterocycles. The van der Waals surface area contributed by atoms with Gasteiger partial charge in [0.15, 0.2) is 5.58 Å². The van der Waals surface area contributed by atoms with Crippen LogP contribution in [0.5, 0.6) is 0 Å². The second-order valence-corrected chi connectivity index (χ2v) is 5.11. The average molecular weight is 250 g/mol. The molecule has 5 heteroatoms. The van der Waals surface area contributed by atoms with Crippen molar-refractivity contribution >= 4 is 16.8 Å². The Morgan fingerprint density at radius 2 is 2.11 bits per heavy atom. The van der Waals surface area contributed by atoms with Gasteiger partial charge in [-0.2, -0.15) is 0 Å². The van der Waals surface area contributed by atoms with Gasteiger partial charge in [0.2, 0.25) is 0 Å². The van der Waals surface area contributed by atoms with Crippen molar-refractivity contribution in [2.45, 2.75) is 19.4 Å². The van der Waals surface area contributed by atoms with Crippen LogP contribution in [-0.4, -0.2) is 28.9 Å². The molecule has 18 heavy (non-hydrogen) atoms. The van der Waals surface area contributed by atoms with Gasteiger partial charge in [-0.05, 0) is 26.0 Å². The third kappa shape index (κ3) is 1.90. The average Bonchev–Trinajstić information content (AvgIpc) is 2.63. The Morgan fingerprint density at radius 1 is 1.44 bits per heavy atom. The first kappa shape index (κ1) is 12.7. The highest BCUT2D eigenvalue weighted by molar-refractivity contribution is 5.77. The molecule has 2 aromatic rings. The van der Waals surface area contributed by atoms with Gasteiger partial charge in [0.25, 0.3) is 0 Å². The van der Waals surface area contributed by atoms with E-state index in [1.807, 2.05) is 44.0 Å². The normalized spacial score (nSPS) is 12.1. The Balaban J connectivity index is 2.51. The molecule has 1 N–H and O–H groups in total. The third-order valence-electron chi connectivity index (χ3n) is 3.46. The summed E-state index contributed by atoms with van der Waals surface area (Å²) in [6, 6.07) is 5.57. The third-order valence-corrected chi connectivity index (χ3v) is 3.46. The number of benzene rings is 1. The predicted octanol–water partition coefficient (Wildman–Crippen LogP) is 1.34. The second kappa shape index (κ2) is 4.17. The van der Waals surface area contributed by atoms with Gasteiger partial charge in [-0.3, -0.25) is 4.57 Å². The first-order chi connectivity index (χ1) is 8.36. The first-order valence-corrected chi connectivity index (χ1v) is 5.81. The number of anilines is 1. The molecule has 1 aromatic heterocycles. The Bertz CT molecular complexity index is 625. The number of aliphatic hydroxyl groups is 1. The number of nitrogens with zero attached hydrogens (tertiary/aromatic N) is 2. The van der Waals surface area contributed by atoms with Crippen LogP contribution in [0, 0.1) is 0 Å². The van der Waals surface area contributed by atoms with Crippen LogP contribution in [0.4, 0.5) is 5.69 Å². The van der Waals surface area contributed by atoms with E-state index in [0.29, 0.717) is 5.58 Å². The predicted molar refractivity (Wildman–Crippen MR) is 71.0 cm³/mol. The number of fused-ring (bicyclic) bond motifs is 1. The summed E-state index contributed by atoms with van der Waals surface area (Å²) < 4.78 is 6.62. The van der Waals surface area contributed by atoms with E-state index in [4.69, 9.17) is 4.42 Å². The number of hydrogen-bond donors (Lipinski definition) is 1. The van der Waals surface area contributed by atoms with Gasteiger partial charge in [0.05, 0.1) is 17.7 Å². The van der Waals surface area contributed by atoms with E-state index < -0.39 is 0 Å². The van der Waals surface area contributed by atoms with Crippen LogP contribution in [0.25, 0.3) is 11.1 Å². The van der Waals surface area contributed by atoms with Gasteiger partial charge in [0.1, 0.15) is 0 Å². The molecular formula is C13H18N2O3. The van der Waals surface area contributed by atoms with Gasteiger partial charge >= 0.3 is 5.76 Å². The Morgan fingerprint density at radius 3 is 2.72 bits per heavy atom. The van der Waals surface area contributed by atoms with E-state index in [1.54, 1.807) is 7.05 Å². The fraction of sp³-hybridized carbons (Fsp3) is 0.462. The standard InChI is InChI=1S/C13H18N2O3/c1-13(2,8-16)15(4)9-5-6-10-11(7-9)18-12(17)14(10)3/h5-7,16H,8H2,1-4H3. The molecular weight excluding hydrogens is 232 g/mol. The largest absolute Gasteiger partial charge is 0.419 e. The van der Waals surface area contributed by atoms with Crippen molar-refractivity contribution in [1.29, 1.82) is 0 Å². The Kier molecular flexibility index (Phi) is 2.94. The minimum absolute atomic E-state index is 0.0419. The molecule has 0 saturated heterocycles. The summed E-state index contributed by atoms with van der Waals surface area (Å²) >= 11 is 0. The van der Waals surface area contributed by atoms with Crippen molar-refractivity contribution < 1.29 is 9.52 Å². The monoisotopic (exact) mass is 250 g/mol. The quantitative estimate of drug-likeness (QED) is 0.893. The van der Waals surface area contributed by atoms with E-state index in [1.165, 1.54) is 4.57 Å². The molecule has 0 spiro atoms. The molecule has 0 bridgehead atoms. The lowest BCUT2D eigenvalue weighted by molar-refractivity contribution is 0.216. The van der Waals surface area contributed by atoms with Crippen LogP contribution >= 0.6 is 0 Å². The first-order valence-electron chi connectivity index (χ1n) is 5.81. The molecule has 5 nitrogen and oxygen atoms in total. The number of aliphatic hydroxyl groups excluding tert-OH is 1. The lowest BCUT2D eigenvalue weighted by Gasteiger charge is -2.35. The van der Waals surface area contributed by atoms with Crippen molar-refractivity contribution in [3.63, 3.8) is 0 Å². The number of hydrogen-bond acceptors (Lipinski definition) is 4. The van der Waals surface area contributed by atoms with Gasteiger partial charge in [-0.15, -0.1) is 0 Å². The molecule has 2 rings (SSSR count). The van der Waals surface area contributed by atoms with Crippen LogP contribution in [0.3, 0.4) is 0 Å². The summed E-state index contributed by atoms with van der Waals surface area (Å²) in [6.07, 6.45) is 0. The van der Waals surface area contributed by atoms with Crippen LogP contribution in [0.15, 0.2) is 27.4 Å². The zero-order valence-electron chi connectivity index (χ0n) is 11.1. The van der Waals surface area contributed by atoms with Gasteiger partial charge in [-0.25, -0.2) is 4.79 Å². The van der Waals surface area contributed by atoms with Crippen molar-refractivity contribution in [2.75, 3.05) is 18.6 Å². The molecule has 98 valence electrons. The minimum Gasteiger partial charge on any atom is -0.408 e. The van der Waals surface area contributed by atoms with E-state index >= 15 is 0 Å². The molecule has 0 aliphatic heterocycles. The van der Waals surface area contributed by atoms with Crippen molar-refractivity contribution in [1.82, 2.24) is 4.57 Å². The lowest BCUT2D eigenvalue weighted by Crippen LogP contribution is -2.44.